The molecule has 0 spiro atoms. The van der Waals surface area contributed by atoms with Gasteiger partial charge >= 0.3 is 0 Å². The lowest BCUT2D eigenvalue weighted by molar-refractivity contribution is 0.546. The van der Waals surface area contributed by atoms with Gasteiger partial charge in [0.15, 0.2) is 0 Å². The van der Waals surface area contributed by atoms with Crippen molar-refractivity contribution in [3.05, 3.63) is 65.7 Å². The van der Waals surface area contributed by atoms with Gasteiger partial charge in [-0.25, -0.2) is 8.78 Å². The van der Waals surface area contributed by atoms with Crippen molar-refractivity contribution in [2.75, 3.05) is 5.75 Å². The van der Waals surface area contributed by atoms with Gasteiger partial charge in [-0.05, 0) is 18.2 Å². The molecule has 2 aromatic rings. The van der Waals surface area contributed by atoms with Crippen LogP contribution in [0.1, 0.15) is 11.6 Å². The SMILES string of the molecule is NNC(CSc1ccccc1F)c1ccccc1F. The molecule has 0 aromatic heterocycles. The second-order valence-electron chi connectivity index (χ2n) is 3.98. The van der Waals surface area contributed by atoms with Gasteiger partial charge in [0.05, 0.1) is 6.04 Å². The van der Waals surface area contributed by atoms with Gasteiger partial charge in [-0.3, -0.25) is 11.3 Å². The first-order chi connectivity index (χ1) is 9.22. The van der Waals surface area contributed by atoms with Crippen LogP contribution in [0, 0.1) is 11.6 Å². The smallest absolute Gasteiger partial charge is 0.136 e. The average Bonchev–Trinajstić information content (AvgIpc) is 2.43. The molecule has 2 rings (SSSR count). The van der Waals surface area contributed by atoms with Crippen LogP contribution < -0.4 is 11.3 Å². The van der Waals surface area contributed by atoms with E-state index in [0.29, 0.717) is 16.2 Å². The highest BCUT2D eigenvalue weighted by Gasteiger charge is 2.15. The van der Waals surface area contributed by atoms with Crippen molar-refractivity contribution < 1.29 is 8.78 Å². The third-order valence-corrected chi connectivity index (χ3v) is 3.87. The van der Waals surface area contributed by atoms with Gasteiger partial charge in [-0.1, -0.05) is 30.3 Å². The molecule has 2 nitrogen and oxygen atoms in total. The Bertz CT molecular complexity index is 548. The van der Waals surface area contributed by atoms with E-state index in [2.05, 4.69) is 5.43 Å². The molecule has 0 saturated carbocycles. The number of hydrazine groups is 1. The normalized spacial score (nSPS) is 12.4. The van der Waals surface area contributed by atoms with Crippen LogP contribution >= 0.6 is 11.8 Å². The summed E-state index contributed by atoms with van der Waals surface area (Å²) < 4.78 is 27.1. The van der Waals surface area contributed by atoms with Gasteiger partial charge < -0.3 is 0 Å². The fourth-order valence-electron chi connectivity index (χ4n) is 1.72. The highest BCUT2D eigenvalue weighted by atomic mass is 32.2. The molecule has 1 atom stereocenters. The summed E-state index contributed by atoms with van der Waals surface area (Å²) in [5.41, 5.74) is 3.05. The summed E-state index contributed by atoms with van der Waals surface area (Å²) in [6.45, 7) is 0. The van der Waals surface area contributed by atoms with E-state index in [0.717, 1.165) is 0 Å². The highest BCUT2D eigenvalue weighted by molar-refractivity contribution is 7.99. The number of nitrogens with one attached hydrogen (secondary N) is 1. The van der Waals surface area contributed by atoms with Crippen LogP contribution in [0.4, 0.5) is 8.78 Å². The largest absolute Gasteiger partial charge is 0.271 e. The lowest BCUT2D eigenvalue weighted by atomic mass is 10.1. The average molecular weight is 280 g/mol. The topological polar surface area (TPSA) is 38.0 Å². The predicted octanol–water partition coefficient (Wildman–Crippen LogP) is 3.26. The lowest BCUT2D eigenvalue weighted by Crippen LogP contribution is -2.30. The van der Waals surface area contributed by atoms with Crippen LogP contribution in [0.3, 0.4) is 0 Å². The molecular formula is C14H14F2N2S. The van der Waals surface area contributed by atoms with E-state index in [1.807, 2.05) is 0 Å². The maximum Gasteiger partial charge on any atom is 0.136 e. The number of thioether (sulfide) groups is 1. The van der Waals surface area contributed by atoms with E-state index in [4.69, 9.17) is 5.84 Å². The van der Waals surface area contributed by atoms with Crippen LogP contribution in [-0.2, 0) is 0 Å². The Labute approximate surface area is 115 Å². The second kappa shape index (κ2) is 6.65. The summed E-state index contributed by atoms with van der Waals surface area (Å²) in [4.78, 5) is 0.527. The molecule has 0 aliphatic carbocycles. The fourth-order valence-corrected chi connectivity index (χ4v) is 2.72. The highest BCUT2D eigenvalue weighted by Crippen LogP contribution is 2.27. The third kappa shape index (κ3) is 3.53. The first-order valence-corrected chi connectivity index (χ1v) is 6.79. The Balaban J connectivity index is 2.09. The zero-order valence-corrected chi connectivity index (χ0v) is 11.0. The molecular weight excluding hydrogens is 266 g/mol. The number of benzene rings is 2. The van der Waals surface area contributed by atoms with Gasteiger partial charge in [-0.2, -0.15) is 0 Å². The first kappa shape index (κ1) is 14.0. The van der Waals surface area contributed by atoms with E-state index in [9.17, 15) is 8.78 Å². The standard InChI is InChI=1S/C14H14F2N2S/c15-11-6-2-1-5-10(11)13(18-17)9-19-14-8-4-3-7-12(14)16/h1-8,13,18H,9,17H2. The molecule has 0 radical (unpaired) electrons. The van der Waals surface area contributed by atoms with Crippen LogP contribution in [0.15, 0.2) is 53.4 Å². The number of rotatable bonds is 5. The quantitative estimate of drug-likeness (QED) is 0.501. The minimum atomic E-state index is -0.370. The van der Waals surface area contributed by atoms with Gasteiger partial charge in [-0.15, -0.1) is 11.8 Å². The van der Waals surface area contributed by atoms with Crippen LogP contribution in [0.25, 0.3) is 0 Å². The molecule has 0 heterocycles. The number of hydrogen-bond donors (Lipinski definition) is 2. The first-order valence-electron chi connectivity index (χ1n) is 5.80. The van der Waals surface area contributed by atoms with Gasteiger partial charge in [0, 0.05) is 16.2 Å². The van der Waals surface area contributed by atoms with Crippen molar-refractivity contribution >= 4 is 11.8 Å². The van der Waals surface area contributed by atoms with Crippen molar-refractivity contribution in [1.29, 1.82) is 0 Å². The molecule has 19 heavy (non-hydrogen) atoms. The number of halogens is 2. The molecule has 0 saturated heterocycles. The number of nitrogens with two attached hydrogens (primary N) is 1. The van der Waals surface area contributed by atoms with E-state index < -0.39 is 0 Å². The Hall–Kier alpha value is -1.43. The molecule has 5 heteroatoms. The predicted molar refractivity (Wildman–Crippen MR) is 73.6 cm³/mol. The van der Waals surface area contributed by atoms with E-state index in [-0.39, 0.29) is 17.7 Å². The Morgan fingerprint density at radius 3 is 2.26 bits per heavy atom. The lowest BCUT2D eigenvalue weighted by Gasteiger charge is -2.16. The molecule has 100 valence electrons. The number of hydrogen-bond acceptors (Lipinski definition) is 3. The van der Waals surface area contributed by atoms with E-state index in [1.165, 1.54) is 23.9 Å². The minimum Gasteiger partial charge on any atom is -0.271 e. The van der Waals surface area contributed by atoms with Crippen LogP contribution in [0.5, 0.6) is 0 Å². The minimum absolute atomic E-state index is 0.281. The van der Waals surface area contributed by atoms with Crippen molar-refractivity contribution in [2.45, 2.75) is 10.9 Å². The second-order valence-corrected chi connectivity index (χ2v) is 5.04. The summed E-state index contributed by atoms with van der Waals surface area (Å²) >= 11 is 1.30. The monoisotopic (exact) mass is 280 g/mol. The van der Waals surface area contributed by atoms with Crippen molar-refractivity contribution in [2.24, 2.45) is 5.84 Å². The van der Waals surface area contributed by atoms with Crippen LogP contribution in [-0.4, -0.2) is 5.75 Å². The molecule has 0 aliphatic heterocycles. The Kier molecular flexibility index (Phi) is 4.90. The molecule has 0 amide bonds. The maximum atomic E-state index is 13.7. The molecule has 0 bridgehead atoms. The molecule has 0 fully saturated rings. The summed E-state index contributed by atoms with van der Waals surface area (Å²) in [6, 6.07) is 12.5. The summed E-state index contributed by atoms with van der Waals surface area (Å²) in [5.74, 6) is 5.29. The molecule has 1 unspecified atom stereocenters. The summed E-state index contributed by atoms with van der Waals surface area (Å²) in [6.07, 6.45) is 0. The maximum absolute atomic E-state index is 13.7. The molecule has 3 N–H and O–H groups in total. The van der Waals surface area contributed by atoms with E-state index >= 15 is 0 Å². The van der Waals surface area contributed by atoms with Gasteiger partial charge in [0.1, 0.15) is 11.6 Å². The fraction of sp³-hybridized carbons (Fsp3) is 0.143. The Morgan fingerprint density at radius 1 is 1.00 bits per heavy atom. The van der Waals surface area contributed by atoms with Crippen LogP contribution in [0.2, 0.25) is 0 Å². The third-order valence-electron chi connectivity index (χ3n) is 2.72. The Morgan fingerprint density at radius 2 is 1.63 bits per heavy atom. The van der Waals surface area contributed by atoms with Gasteiger partial charge in [0.25, 0.3) is 0 Å². The zero-order chi connectivity index (χ0) is 13.7. The van der Waals surface area contributed by atoms with Gasteiger partial charge in [0.2, 0.25) is 0 Å². The van der Waals surface area contributed by atoms with Crippen molar-refractivity contribution in [1.82, 2.24) is 5.43 Å². The zero-order valence-electron chi connectivity index (χ0n) is 10.1. The molecule has 0 aliphatic rings. The van der Waals surface area contributed by atoms with Crippen molar-refractivity contribution in [3.8, 4) is 0 Å². The van der Waals surface area contributed by atoms with Crippen molar-refractivity contribution in [3.63, 3.8) is 0 Å². The van der Waals surface area contributed by atoms with E-state index in [1.54, 1.807) is 36.4 Å². The summed E-state index contributed by atoms with van der Waals surface area (Å²) in [7, 11) is 0. The summed E-state index contributed by atoms with van der Waals surface area (Å²) in [5, 5.41) is 0. The molecule has 2 aromatic carbocycles.